The number of hydrogen-bond donors (Lipinski definition) is 0. The number of anilines is 1. The fourth-order valence-corrected chi connectivity index (χ4v) is 5.63. The molecule has 4 heteroatoms. The maximum Gasteiger partial charge on any atom is 0.219 e. The number of pyridine rings is 1. The third kappa shape index (κ3) is 4.41. The lowest BCUT2D eigenvalue weighted by molar-refractivity contribution is -0.576. The Morgan fingerprint density at radius 3 is 2.42 bits per heavy atom. The number of fused-ring (bicyclic) bond motifs is 2. The van der Waals surface area contributed by atoms with Gasteiger partial charge in [0.15, 0.2) is 5.69 Å². The fraction of sp³-hybridized carbons (Fsp3) is 0.207. The molecule has 0 radical (unpaired) electrons. The maximum atomic E-state index is 2.44. The Morgan fingerprint density at radius 2 is 1.64 bits per heavy atom. The molecule has 0 atom stereocenters. The molecule has 0 amide bonds. The first-order chi connectivity index (χ1) is 16.1. The number of nitrogens with zero attached hydrogens (tertiary/aromatic N) is 3. The lowest BCUT2D eigenvalue weighted by atomic mass is 10.0. The van der Waals surface area contributed by atoms with Crippen molar-refractivity contribution in [1.29, 1.82) is 0 Å². The predicted octanol–water partition coefficient (Wildman–Crippen LogP) is 6.15. The molecule has 3 nitrogen and oxygen atoms in total. The molecule has 0 saturated heterocycles. The zero-order chi connectivity index (χ0) is 22.8. The summed E-state index contributed by atoms with van der Waals surface area (Å²) >= 11 is 1.85. The molecule has 1 aliphatic rings. The Kier molecular flexibility index (Phi) is 6.21. The Bertz CT molecular complexity index is 1310. The summed E-state index contributed by atoms with van der Waals surface area (Å²) in [6.45, 7) is 1.08. The number of hydrogen-bond acceptors (Lipinski definition) is 3. The summed E-state index contributed by atoms with van der Waals surface area (Å²) in [6, 6.07) is 30.6. The summed E-state index contributed by atoms with van der Waals surface area (Å²) in [6.07, 6.45) is 4.50. The summed E-state index contributed by atoms with van der Waals surface area (Å²) in [4.78, 5) is 5.88. The maximum absolute atomic E-state index is 2.44. The van der Waals surface area contributed by atoms with E-state index in [2.05, 4.69) is 127 Å². The van der Waals surface area contributed by atoms with Crippen LogP contribution in [0.1, 0.15) is 17.7 Å². The summed E-state index contributed by atoms with van der Waals surface area (Å²) < 4.78 is 2.44. The van der Waals surface area contributed by atoms with Crippen LogP contribution in [0.15, 0.2) is 94.9 Å². The first-order valence-electron chi connectivity index (χ1n) is 11.5. The molecule has 0 spiro atoms. The highest BCUT2D eigenvalue weighted by Crippen LogP contribution is 2.45. The van der Waals surface area contributed by atoms with Gasteiger partial charge in [0.05, 0.1) is 16.1 Å². The van der Waals surface area contributed by atoms with Crippen LogP contribution in [0.2, 0.25) is 0 Å². The highest BCUT2D eigenvalue weighted by molar-refractivity contribution is 8.03. The Hall–Kier alpha value is -3.08. The van der Waals surface area contributed by atoms with Gasteiger partial charge in [-0.25, -0.2) is 0 Å². The van der Waals surface area contributed by atoms with Crippen molar-refractivity contribution in [2.45, 2.75) is 17.7 Å². The molecule has 2 heterocycles. The normalized spacial score (nSPS) is 14.4. The highest BCUT2D eigenvalue weighted by atomic mass is 32.2. The van der Waals surface area contributed by atoms with Gasteiger partial charge in [0.25, 0.3) is 0 Å². The van der Waals surface area contributed by atoms with Crippen molar-refractivity contribution in [3.05, 3.63) is 101 Å². The van der Waals surface area contributed by atoms with Crippen molar-refractivity contribution in [3.63, 3.8) is 0 Å². The number of aromatic nitrogens is 1. The summed E-state index contributed by atoms with van der Waals surface area (Å²) in [5.74, 6) is 0. The van der Waals surface area contributed by atoms with Gasteiger partial charge in [0.1, 0.15) is 0 Å². The third-order valence-corrected chi connectivity index (χ3v) is 7.33. The predicted molar refractivity (Wildman–Crippen MR) is 141 cm³/mol. The van der Waals surface area contributed by atoms with Crippen LogP contribution in [0.25, 0.3) is 22.7 Å². The Labute approximate surface area is 201 Å². The molecule has 1 aliphatic heterocycles. The van der Waals surface area contributed by atoms with Crippen LogP contribution in [0.5, 0.6) is 0 Å². The molecule has 0 unspecified atom stereocenters. The molecular weight excluding hydrogens is 422 g/mol. The van der Waals surface area contributed by atoms with Gasteiger partial charge in [-0.05, 0) is 56.9 Å². The van der Waals surface area contributed by atoms with E-state index in [1.165, 1.54) is 43.5 Å². The molecule has 0 aliphatic carbocycles. The molecule has 0 N–H and O–H groups in total. The Balaban J connectivity index is 1.66. The molecule has 5 rings (SSSR count). The minimum atomic E-state index is 1.03. The SMILES string of the molecule is CN(C)CCCc1cc(C=C2Sc3ccccc3N2C)c2ccccc2[n+]1-c1ccccc1. The van der Waals surface area contributed by atoms with Crippen LogP contribution < -0.4 is 9.47 Å². The number of thioether (sulfide) groups is 1. The molecule has 33 heavy (non-hydrogen) atoms. The standard InChI is InChI=1S/C29H30N3S/c1-30(2)19-11-14-24-20-22(21-29-31(3)27-17-9-10-18-28(27)33-29)25-15-7-8-16-26(25)32(24)23-12-5-4-6-13-23/h4-10,12-13,15-18,20-21H,11,14,19H2,1-3H3/q+1. The van der Waals surface area contributed by atoms with Gasteiger partial charge in [-0.15, -0.1) is 0 Å². The van der Waals surface area contributed by atoms with E-state index in [0.717, 1.165) is 19.4 Å². The number of benzene rings is 3. The smallest absolute Gasteiger partial charge is 0.219 e. The average Bonchev–Trinajstić information content (AvgIpc) is 3.15. The minimum Gasteiger partial charge on any atom is -0.338 e. The van der Waals surface area contributed by atoms with Crippen molar-refractivity contribution >= 4 is 34.4 Å². The number of aryl methyl sites for hydroxylation is 1. The zero-order valence-electron chi connectivity index (χ0n) is 19.5. The Morgan fingerprint density at radius 1 is 0.909 bits per heavy atom. The first-order valence-corrected chi connectivity index (χ1v) is 12.3. The minimum absolute atomic E-state index is 1.03. The van der Waals surface area contributed by atoms with Gasteiger partial charge < -0.3 is 9.80 Å². The fourth-order valence-electron chi connectivity index (χ4n) is 4.53. The van der Waals surface area contributed by atoms with E-state index in [1.54, 1.807) is 0 Å². The molecular formula is C29H30N3S+. The van der Waals surface area contributed by atoms with Gasteiger partial charge in [-0.1, -0.05) is 54.2 Å². The van der Waals surface area contributed by atoms with Crippen molar-refractivity contribution in [1.82, 2.24) is 4.90 Å². The quantitative estimate of drug-likeness (QED) is 0.325. The van der Waals surface area contributed by atoms with Crippen molar-refractivity contribution in [3.8, 4) is 5.69 Å². The van der Waals surface area contributed by atoms with Crippen LogP contribution in [-0.4, -0.2) is 32.6 Å². The third-order valence-electron chi connectivity index (χ3n) is 6.17. The van der Waals surface area contributed by atoms with E-state index in [1.807, 2.05) is 11.8 Å². The summed E-state index contributed by atoms with van der Waals surface area (Å²) in [5, 5.41) is 2.54. The molecule has 0 bridgehead atoms. The van der Waals surface area contributed by atoms with E-state index in [4.69, 9.17) is 0 Å². The molecule has 0 fully saturated rings. The second kappa shape index (κ2) is 9.42. The largest absolute Gasteiger partial charge is 0.338 e. The lowest BCUT2D eigenvalue weighted by Crippen LogP contribution is -2.37. The van der Waals surface area contributed by atoms with Crippen molar-refractivity contribution < 1.29 is 4.57 Å². The van der Waals surface area contributed by atoms with E-state index >= 15 is 0 Å². The van der Waals surface area contributed by atoms with Gasteiger partial charge >= 0.3 is 0 Å². The monoisotopic (exact) mass is 452 g/mol. The lowest BCUT2D eigenvalue weighted by Gasteiger charge is -2.15. The van der Waals surface area contributed by atoms with Crippen LogP contribution in [0.4, 0.5) is 5.69 Å². The first kappa shape index (κ1) is 21.7. The van der Waals surface area contributed by atoms with Gasteiger partial charge in [-0.3, -0.25) is 0 Å². The molecule has 166 valence electrons. The van der Waals surface area contributed by atoms with Gasteiger partial charge in [0.2, 0.25) is 11.2 Å². The number of para-hydroxylation sites is 3. The summed E-state index contributed by atoms with van der Waals surface area (Å²) in [7, 11) is 6.45. The highest BCUT2D eigenvalue weighted by Gasteiger charge is 2.24. The second-order valence-electron chi connectivity index (χ2n) is 8.80. The van der Waals surface area contributed by atoms with E-state index in [9.17, 15) is 0 Å². The summed E-state index contributed by atoms with van der Waals surface area (Å²) in [5.41, 5.74) is 6.37. The average molecular weight is 453 g/mol. The van der Waals surface area contributed by atoms with Gasteiger partial charge in [-0.2, -0.15) is 4.57 Å². The molecule has 4 aromatic rings. The second-order valence-corrected chi connectivity index (χ2v) is 9.86. The van der Waals surface area contributed by atoms with Crippen molar-refractivity contribution in [2.24, 2.45) is 0 Å². The zero-order valence-corrected chi connectivity index (χ0v) is 20.3. The number of rotatable bonds is 6. The molecule has 1 aromatic heterocycles. The molecule has 3 aromatic carbocycles. The van der Waals surface area contributed by atoms with Gasteiger partial charge in [0, 0.05) is 42.6 Å². The van der Waals surface area contributed by atoms with E-state index in [0.29, 0.717) is 0 Å². The van der Waals surface area contributed by atoms with Crippen LogP contribution in [0, 0.1) is 0 Å². The van der Waals surface area contributed by atoms with E-state index < -0.39 is 0 Å². The van der Waals surface area contributed by atoms with Crippen LogP contribution in [-0.2, 0) is 6.42 Å². The van der Waals surface area contributed by atoms with Crippen LogP contribution in [0.3, 0.4) is 0 Å². The van der Waals surface area contributed by atoms with Crippen LogP contribution >= 0.6 is 11.8 Å². The topological polar surface area (TPSA) is 10.4 Å². The van der Waals surface area contributed by atoms with Crippen molar-refractivity contribution in [2.75, 3.05) is 32.6 Å². The molecule has 0 saturated carbocycles. The van der Waals surface area contributed by atoms with E-state index in [-0.39, 0.29) is 0 Å².